The smallest absolute Gasteiger partial charge is 0.258 e. The van der Waals surface area contributed by atoms with E-state index in [2.05, 4.69) is 39.1 Å². The minimum absolute atomic E-state index is 0.00383. The van der Waals surface area contributed by atoms with E-state index in [-0.39, 0.29) is 18.6 Å². The summed E-state index contributed by atoms with van der Waals surface area (Å²) in [6.45, 7) is 8.73. The van der Waals surface area contributed by atoms with E-state index in [1.165, 1.54) is 36.8 Å². The Labute approximate surface area is 146 Å². The number of fused-ring (bicyclic) bond motifs is 2. The topological polar surface area (TPSA) is 38.3 Å². The summed E-state index contributed by atoms with van der Waals surface area (Å²) in [5.41, 5.74) is 2.55. The fraction of sp³-hybridized carbons (Fsp3) is 0.667. The van der Waals surface area contributed by atoms with Crippen LogP contribution >= 0.6 is 0 Å². The van der Waals surface area contributed by atoms with Crippen molar-refractivity contribution in [3.63, 3.8) is 0 Å². The number of aryl methyl sites for hydroxylation is 1. The third-order valence-corrected chi connectivity index (χ3v) is 6.06. The molecule has 0 aromatic heterocycles. The molecule has 1 aromatic carbocycles. The Kier molecular flexibility index (Phi) is 5.17. The van der Waals surface area contributed by atoms with Crippen LogP contribution < -0.4 is 10.1 Å². The van der Waals surface area contributed by atoms with E-state index < -0.39 is 0 Å². The zero-order valence-electron chi connectivity index (χ0n) is 15.5. The minimum Gasteiger partial charge on any atom is -0.484 e. The van der Waals surface area contributed by atoms with Gasteiger partial charge in [0.15, 0.2) is 6.61 Å². The molecule has 2 saturated carbocycles. The van der Waals surface area contributed by atoms with E-state index in [9.17, 15) is 4.79 Å². The molecule has 2 bridgehead atoms. The second kappa shape index (κ2) is 7.16. The van der Waals surface area contributed by atoms with Gasteiger partial charge < -0.3 is 10.1 Å². The number of rotatable bonds is 6. The Balaban J connectivity index is 1.48. The van der Waals surface area contributed by atoms with Crippen LogP contribution in [-0.4, -0.2) is 18.6 Å². The molecule has 1 N–H and O–H groups in total. The first kappa shape index (κ1) is 17.3. The largest absolute Gasteiger partial charge is 0.484 e. The van der Waals surface area contributed by atoms with Crippen LogP contribution in [0.25, 0.3) is 0 Å². The summed E-state index contributed by atoms with van der Waals surface area (Å²) in [7, 11) is 0. The molecule has 2 aliphatic rings. The van der Waals surface area contributed by atoms with Crippen LogP contribution in [0.4, 0.5) is 0 Å². The fourth-order valence-corrected chi connectivity index (χ4v) is 4.84. The van der Waals surface area contributed by atoms with Gasteiger partial charge in [0.05, 0.1) is 0 Å². The van der Waals surface area contributed by atoms with Gasteiger partial charge in [0.1, 0.15) is 5.75 Å². The van der Waals surface area contributed by atoms with E-state index >= 15 is 0 Å². The Morgan fingerprint density at radius 1 is 1.25 bits per heavy atom. The average molecular weight is 329 g/mol. The molecule has 0 aliphatic heterocycles. The van der Waals surface area contributed by atoms with Gasteiger partial charge in [-0.3, -0.25) is 4.79 Å². The summed E-state index contributed by atoms with van der Waals surface area (Å²) in [6, 6.07) is 6.36. The average Bonchev–Trinajstić information content (AvgIpc) is 3.15. The molecule has 3 rings (SSSR count). The predicted octanol–water partition coefficient (Wildman–Crippen LogP) is 4.44. The number of carbonyl (C=O) groups excluding carboxylic acids is 1. The highest BCUT2D eigenvalue weighted by atomic mass is 16.5. The van der Waals surface area contributed by atoms with Crippen LogP contribution in [0, 0.1) is 24.7 Å². The molecule has 0 spiro atoms. The third-order valence-electron chi connectivity index (χ3n) is 6.06. The van der Waals surface area contributed by atoms with E-state index in [1.54, 1.807) is 0 Å². The quantitative estimate of drug-likeness (QED) is 0.838. The summed E-state index contributed by atoms with van der Waals surface area (Å²) >= 11 is 0. The number of hydrogen-bond donors (Lipinski definition) is 1. The Morgan fingerprint density at radius 2 is 2.04 bits per heavy atom. The second-order valence-corrected chi connectivity index (χ2v) is 8.16. The highest BCUT2D eigenvalue weighted by Crippen LogP contribution is 2.49. The molecule has 2 aliphatic carbocycles. The van der Waals surface area contributed by atoms with Gasteiger partial charge >= 0.3 is 0 Å². The maximum absolute atomic E-state index is 12.2. The van der Waals surface area contributed by atoms with Gasteiger partial charge in [-0.25, -0.2) is 0 Å². The van der Waals surface area contributed by atoms with E-state index in [1.807, 2.05) is 12.1 Å². The molecule has 2 fully saturated rings. The van der Waals surface area contributed by atoms with Crippen molar-refractivity contribution in [2.45, 2.75) is 65.3 Å². The molecule has 0 saturated heterocycles. The summed E-state index contributed by atoms with van der Waals surface area (Å²) in [6.07, 6.45) is 5.43. The standard InChI is InChI=1S/C21H31NO2/c1-13(2)19-8-7-18(9-14(19)3)24-12-21(23)22-15(4)20-11-16-5-6-17(20)10-16/h7-9,13,15-17,20H,5-6,10-12H2,1-4H3,(H,22,23)/t15-,16-,17-,20+/m0/s1. The SMILES string of the molecule is Cc1cc(OCC(=O)N[C@@H](C)[C@H]2C[C@H]3CC[C@H]2C3)ccc1C(C)C. The molecule has 3 heteroatoms. The first-order valence-corrected chi connectivity index (χ1v) is 9.46. The van der Waals surface area contributed by atoms with E-state index in [0.29, 0.717) is 11.8 Å². The molecule has 0 heterocycles. The van der Waals surface area contributed by atoms with Gasteiger partial charge in [0.25, 0.3) is 5.91 Å². The van der Waals surface area contributed by atoms with Crippen LogP contribution in [0.1, 0.15) is 63.5 Å². The van der Waals surface area contributed by atoms with Gasteiger partial charge in [-0.05, 0) is 80.0 Å². The number of carbonyl (C=O) groups is 1. The second-order valence-electron chi connectivity index (χ2n) is 8.16. The summed E-state index contributed by atoms with van der Waals surface area (Å²) in [5, 5.41) is 3.16. The molecular weight excluding hydrogens is 298 g/mol. The van der Waals surface area contributed by atoms with Crippen LogP contribution in [0.5, 0.6) is 5.75 Å². The van der Waals surface area contributed by atoms with Gasteiger partial charge in [-0.15, -0.1) is 0 Å². The highest BCUT2D eigenvalue weighted by molar-refractivity contribution is 5.77. The number of hydrogen-bond acceptors (Lipinski definition) is 2. The molecule has 0 radical (unpaired) electrons. The Bertz CT molecular complexity index is 596. The van der Waals surface area contributed by atoms with Crippen LogP contribution in [0.3, 0.4) is 0 Å². The monoisotopic (exact) mass is 329 g/mol. The first-order valence-electron chi connectivity index (χ1n) is 9.46. The molecule has 3 nitrogen and oxygen atoms in total. The first-order chi connectivity index (χ1) is 11.4. The lowest BCUT2D eigenvalue weighted by Crippen LogP contribution is -2.42. The predicted molar refractivity (Wildman–Crippen MR) is 97.3 cm³/mol. The molecule has 132 valence electrons. The van der Waals surface area contributed by atoms with Crippen molar-refractivity contribution in [1.29, 1.82) is 0 Å². The summed E-state index contributed by atoms with van der Waals surface area (Å²) in [4.78, 5) is 12.2. The van der Waals surface area contributed by atoms with Crippen molar-refractivity contribution < 1.29 is 9.53 Å². The molecule has 24 heavy (non-hydrogen) atoms. The lowest BCUT2D eigenvalue weighted by Gasteiger charge is -2.28. The lowest BCUT2D eigenvalue weighted by atomic mass is 9.84. The molecule has 1 aromatic rings. The Hall–Kier alpha value is -1.51. The zero-order chi connectivity index (χ0) is 17.3. The van der Waals surface area contributed by atoms with Crippen LogP contribution in [0.2, 0.25) is 0 Å². The third kappa shape index (κ3) is 3.76. The fourth-order valence-electron chi connectivity index (χ4n) is 4.84. The number of amides is 1. The van der Waals surface area contributed by atoms with Gasteiger partial charge in [0, 0.05) is 6.04 Å². The molecule has 0 unspecified atom stereocenters. The number of benzene rings is 1. The van der Waals surface area contributed by atoms with E-state index in [4.69, 9.17) is 4.74 Å². The van der Waals surface area contributed by atoms with Crippen LogP contribution in [-0.2, 0) is 4.79 Å². The zero-order valence-corrected chi connectivity index (χ0v) is 15.5. The number of ether oxygens (including phenoxy) is 1. The molecule has 1 amide bonds. The minimum atomic E-state index is -0.00383. The van der Waals surface area contributed by atoms with Crippen LogP contribution in [0.15, 0.2) is 18.2 Å². The summed E-state index contributed by atoms with van der Waals surface area (Å²) in [5.74, 6) is 3.69. The van der Waals surface area contributed by atoms with Gasteiger partial charge in [-0.1, -0.05) is 26.3 Å². The van der Waals surface area contributed by atoms with Crippen molar-refractivity contribution >= 4 is 5.91 Å². The molecular formula is C21H31NO2. The maximum atomic E-state index is 12.2. The van der Waals surface area contributed by atoms with Crippen molar-refractivity contribution in [3.05, 3.63) is 29.3 Å². The maximum Gasteiger partial charge on any atom is 0.258 e. The molecule has 4 atom stereocenters. The normalized spacial score (nSPS) is 26.6. The van der Waals surface area contributed by atoms with Gasteiger partial charge in [-0.2, -0.15) is 0 Å². The van der Waals surface area contributed by atoms with Crippen molar-refractivity contribution in [1.82, 2.24) is 5.32 Å². The van der Waals surface area contributed by atoms with E-state index in [0.717, 1.165) is 17.6 Å². The Morgan fingerprint density at radius 3 is 2.62 bits per heavy atom. The van der Waals surface area contributed by atoms with Crippen molar-refractivity contribution in [2.75, 3.05) is 6.61 Å². The summed E-state index contributed by atoms with van der Waals surface area (Å²) < 4.78 is 5.70. The van der Waals surface area contributed by atoms with Gasteiger partial charge in [0.2, 0.25) is 0 Å². The number of nitrogens with one attached hydrogen (secondary N) is 1. The van der Waals surface area contributed by atoms with Crippen molar-refractivity contribution in [3.8, 4) is 5.75 Å². The highest BCUT2D eigenvalue weighted by Gasteiger charge is 2.42. The van der Waals surface area contributed by atoms with Crippen molar-refractivity contribution in [2.24, 2.45) is 17.8 Å². The lowest BCUT2D eigenvalue weighted by molar-refractivity contribution is -0.124.